The molecule has 0 amide bonds. The average Bonchev–Trinajstić information content (AvgIpc) is 2.42. The zero-order valence-corrected chi connectivity index (χ0v) is 11.5. The lowest BCUT2D eigenvalue weighted by molar-refractivity contribution is 0.691. The van der Waals surface area contributed by atoms with Crippen LogP contribution in [0, 0.1) is 0 Å². The molecule has 2 rings (SSSR count). The highest BCUT2D eigenvalue weighted by Gasteiger charge is 2.11. The third-order valence-electron chi connectivity index (χ3n) is 3.21. The van der Waals surface area contributed by atoms with E-state index >= 15 is 0 Å². The molecule has 2 aromatic carbocycles. The lowest BCUT2D eigenvalue weighted by Gasteiger charge is -2.17. The molecule has 1 atom stereocenters. The molecule has 0 radical (unpaired) electrons. The smallest absolute Gasteiger partial charge is 0.0574 e. The average molecular weight is 260 g/mol. The molecule has 0 aromatic heterocycles. The lowest BCUT2D eigenvalue weighted by Crippen LogP contribution is -2.17. The molecule has 0 spiro atoms. The van der Waals surface area contributed by atoms with E-state index in [4.69, 9.17) is 11.6 Å². The molecule has 0 aliphatic rings. The van der Waals surface area contributed by atoms with Gasteiger partial charge < -0.3 is 5.32 Å². The molecule has 2 aromatic rings. The molecule has 0 bridgehead atoms. The quantitative estimate of drug-likeness (QED) is 0.867. The van der Waals surface area contributed by atoms with Crippen LogP contribution >= 0.6 is 11.6 Å². The number of aryl methyl sites for hydroxylation is 1. The molecule has 0 fully saturated rings. The Kier molecular flexibility index (Phi) is 4.40. The van der Waals surface area contributed by atoms with E-state index in [2.05, 4.69) is 48.6 Å². The first-order chi connectivity index (χ1) is 8.74. The Morgan fingerprint density at radius 1 is 0.944 bits per heavy atom. The number of halogens is 1. The third-order valence-corrected chi connectivity index (χ3v) is 3.47. The van der Waals surface area contributed by atoms with E-state index in [0.29, 0.717) is 0 Å². The Bertz CT molecular complexity index is 488. The van der Waals surface area contributed by atoms with Gasteiger partial charge in [0, 0.05) is 5.02 Å². The summed E-state index contributed by atoms with van der Waals surface area (Å²) >= 11 is 5.92. The minimum absolute atomic E-state index is 0.216. The summed E-state index contributed by atoms with van der Waals surface area (Å²) in [5, 5.41) is 4.12. The first kappa shape index (κ1) is 13.1. The van der Waals surface area contributed by atoms with Crippen molar-refractivity contribution in [1.29, 1.82) is 0 Å². The largest absolute Gasteiger partial charge is 0.309 e. The van der Waals surface area contributed by atoms with Crippen LogP contribution in [0.25, 0.3) is 0 Å². The summed E-state index contributed by atoms with van der Waals surface area (Å²) < 4.78 is 0. The second-order valence-corrected chi connectivity index (χ2v) is 4.80. The van der Waals surface area contributed by atoms with Gasteiger partial charge in [0.05, 0.1) is 6.04 Å². The van der Waals surface area contributed by atoms with E-state index in [-0.39, 0.29) is 6.04 Å². The minimum Gasteiger partial charge on any atom is -0.309 e. The van der Waals surface area contributed by atoms with Crippen molar-refractivity contribution in [3.8, 4) is 0 Å². The monoisotopic (exact) mass is 259 g/mol. The van der Waals surface area contributed by atoms with Crippen LogP contribution in [0.4, 0.5) is 0 Å². The van der Waals surface area contributed by atoms with Crippen molar-refractivity contribution in [3.05, 3.63) is 70.2 Å². The molecule has 94 valence electrons. The van der Waals surface area contributed by atoms with Crippen molar-refractivity contribution in [2.24, 2.45) is 0 Å². The number of nitrogens with one attached hydrogen (secondary N) is 1. The third kappa shape index (κ3) is 2.92. The summed E-state index contributed by atoms with van der Waals surface area (Å²) in [4.78, 5) is 0. The molecule has 0 saturated heterocycles. The van der Waals surface area contributed by atoms with Gasteiger partial charge in [-0.05, 0) is 42.3 Å². The molecule has 0 aliphatic carbocycles. The molecular formula is C16H18ClN. The maximum Gasteiger partial charge on any atom is 0.0574 e. The summed E-state index contributed by atoms with van der Waals surface area (Å²) in [5.74, 6) is 0. The molecule has 0 saturated carbocycles. The summed E-state index contributed by atoms with van der Waals surface area (Å²) in [7, 11) is 1.98. The predicted octanol–water partition coefficient (Wildman–Crippen LogP) is 4.21. The number of benzene rings is 2. The first-order valence-corrected chi connectivity index (χ1v) is 6.64. The zero-order chi connectivity index (χ0) is 13.0. The molecule has 1 nitrogen and oxygen atoms in total. The standard InChI is InChI=1S/C16H18ClN/c1-3-12-4-6-13(7-5-12)16(18-2)14-8-10-15(17)11-9-14/h4-11,16,18H,3H2,1-2H3. The maximum absolute atomic E-state index is 5.92. The molecule has 0 heterocycles. The van der Waals surface area contributed by atoms with E-state index in [1.165, 1.54) is 16.7 Å². The molecule has 18 heavy (non-hydrogen) atoms. The topological polar surface area (TPSA) is 12.0 Å². The predicted molar refractivity (Wildman–Crippen MR) is 78.2 cm³/mol. The summed E-state index contributed by atoms with van der Waals surface area (Å²) in [5.41, 5.74) is 3.87. The van der Waals surface area contributed by atoms with Crippen LogP contribution in [0.15, 0.2) is 48.5 Å². The second-order valence-electron chi connectivity index (χ2n) is 4.37. The van der Waals surface area contributed by atoms with Crippen molar-refractivity contribution in [1.82, 2.24) is 5.32 Å². The van der Waals surface area contributed by atoms with Crippen molar-refractivity contribution < 1.29 is 0 Å². The fourth-order valence-corrected chi connectivity index (χ4v) is 2.25. The van der Waals surface area contributed by atoms with Crippen LogP contribution in [0.3, 0.4) is 0 Å². The van der Waals surface area contributed by atoms with Crippen LogP contribution in [0.5, 0.6) is 0 Å². The lowest BCUT2D eigenvalue weighted by atomic mass is 9.97. The highest BCUT2D eigenvalue weighted by molar-refractivity contribution is 6.30. The van der Waals surface area contributed by atoms with E-state index in [0.717, 1.165) is 11.4 Å². The van der Waals surface area contributed by atoms with Crippen molar-refractivity contribution in [2.45, 2.75) is 19.4 Å². The van der Waals surface area contributed by atoms with Gasteiger partial charge in [-0.25, -0.2) is 0 Å². The van der Waals surface area contributed by atoms with Gasteiger partial charge in [-0.15, -0.1) is 0 Å². The molecule has 0 aliphatic heterocycles. The van der Waals surface area contributed by atoms with Crippen molar-refractivity contribution in [2.75, 3.05) is 7.05 Å². The summed E-state index contributed by atoms with van der Waals surface area (Å²) in [6.07, 6.45) is 1.07. The van der Waals surface area contributed by atoms with Crippen LogP contribution < -0.4 is 5.32 Å². The number of rotatable bonds is 4. The highest BCUT2D eigenvalue weighted by Crippen LogP contribution is 2.23. The normalized spacial score (nSPS) is 12.4. The Labute approximate surface area is 114 Å². The van der Waals surface area contributed by atoms with Crippen LogP contribution in [0.2, 0.25) is 5.02 Å². The van der Waals surface area contributed by atoms with E-state index in [1.54, 1.807) is 0 Å². The van der Waals surface area contributed by atoms with Gasteiger partial charge in [0.1, 0.15) is 0 Å². The highest BCUT2D eigenvalue weighted by atomic mass is 35.5. The molecule has 2 heteroatoms. The number of hydrogen-bond acceptors (Lipinski definition) is 1. The van der Waals surface area contributed by atoms with Crippen LogP contribution in [-0.2, 0) is 6.42 Å². The Balaban J connectivity index is 2.29. The van der Waals surface area contributed by atoms with Gasteiger partial charge in [-0.3, -0.25) is 0 Å². The van der Waals surface area contributed by atoms with E-state index < -0.39 is 0 Å². The fraction of sp³-hybridized carbons (Fsp3) is 0.250. The van der Waals surface area contributed by atoms with Crippen LogP contribution in [0.1, 0.15) is 29.7 Å². The molecule has 1 N–H and O–H groups in total. The summed E-state index contributed by atoms with van der Waals surface area (Å²) in [6, 6.07) is 17.0. The fourth-order valence-electron chi connectivity index (χ4n) is 2.13. The second kappa shape index (κ2) is 6.03. The number of hydrogen-bond donors (Lipinski definition) is 1. The van der Waals surface area contributed by atoms with E-state index in [9.17, 15) is 0 Å². The maximum atomic E-state index is 5.92. The van der Waals surface area contributed by atoms with Gasteiger partial charge >= 0.3 is 0 Å². The zero-order valence-electron chi connectivity index (χ0n) is 10.8. The van der Waals surface area contributed by atoms with Crippen molar-refractivity contribution >= 4 is 11.6 Å². The SMILES string of the molecule is CCc1ccc(C(NC)c2ccc(Cl)cc2)cc1. The minimum atomic E-state index is 0.216. The van der Waals surface area contributed by atoms with Gasteiger partial charge in [-0.1, -0.05) is 54.9 Å². The molecular weight excluding hydrogens is 242 g/mol. The van der Waals surface area contributed by atoms with Crippen LogP contribution in [-0.4, -0.2) is 7.05 Å². The van der Waals surface area contributed by atoms with Gasteiger partial charge in [-0.2, -0.15) is 0 Å². The molecule has 1 unspecified atom stereocenters. The Morgan fingerprint density at radius 2 is 1.44 bits per heavy atom. The van der Waals surface area contributed by atoms with Crippen molar-refractivity contribution in [3.63, 3.8) is 0 Å². The Morgan fingerprint density at radius 3 is 1.89 bits per heavy atom. The van der Waals surface area contributed by atoms with Gasteiger partial charge in [0.2, 0.25) is 0 Å². The van der Waals surface area contributed by atoms with E-state index in [1.807, 2.05) is 19.2 Å². The van der Waals surface area contributed by atoms with Gasteiger partial charge in [0.15, 0.2) is 0 Å². The van der Waals surface area contributed by atoms with Gasteiger partial charge in [0.25, 0.3) is 0 Å². The first-order valence-electron chi connectivity index (χ1n) is 6.26. The Hall–Kier alpha value is -1.31. The summed E-state index contributed by atoms with van der Waals surface area (Å²) in [6.45, 7) is 2.17.